The molecule has 27 heavy (non-hydrogen) atoms. The smallest absolute Gasteiger partial charge is 0.338 e. The maximum absolute atomic E-state index is 11.9. The number of thiocarbonyl (C=S) groups is 1. The monoisotopic (exact) mass is 384 g/mol. The normalized spacial score (nSPS) is 10.3. The average molecular weight is 384 g/mol. The summed E-state index contributed by atoms with van der Waals surface area (Å²) in [6, 6.07) is 13.9. The Balaban J connectivity index is 1.86. The summed E-state index contributed by atoms with van der Waals surface area (Å²) in [6.45, 7) is 2.07. The van der Waals surface area contributed by atoms with Gasteiger partial charge in [0.2, 0.25) is 5.91 Å². The number of hydrogen-bond donors (Lipinski definition) is 2. The largest absolute Gasteiger partial charge is 0.497 e. The Labute approximate surface area is 163 Å². The predicted octanol–water partition coefficient (Wildman–Crippen LogP) is 3.40. The first-order chi connectivity index (χ1) is 13.0. The van der Waals surface area contributed by atoms with Crippen LogP contribution in [0.1, 0.15) is 22.8 Å². The SMILES string of the molecule is CCOC(=O)c1ccc(NC(=S)NC(=O)C=Cc2ccc(OC)cc2)cc1. The van der Waals surface area contributed by atoms with Gasteiger partial charge in [-0.25, -0.2) is 4.79 Å². The predicted molar refractivity (Wildman–Crippen MR) is 109 cm³/mol. The van der Waals surface area contributed by atoms with Gasteiger partial charge in [0.1, 0.15) is 5.75 Å². The van der Waals surface area contributed by atoms with Crippen molar-refractivity contribution in [3.05, 3.63) is 65.7 Å². The summed E-state index contributed by atoms with van der Waals surface area (Å²) >= 11 is 5.12. The fraction of sp³-hybridized carbons (Fsp3) is 0.150. The summed E-state index contributed by atoms with van der Waals surface area (Å²) in [5.74, 6) is 0.00557. The second-order valence-electron chi connectivity index (χ2n) is 5.35. The number of esters is 1. The van der Waals surface area contributed by atoms with Gasteiger partial charge < -0.3 is 14.8 Å². The molecule has 0 heterocycles. The van der Waals surface area contributed by atoms with Gasteiger partial charge in [-0.15, -0.1) is 0 Å². The van der Waals surface area contributed by atoms with Crippen LogP contribution in [0.3, 0.4) is 0 Å². The minimum atomic E-state index is -0.386. The minimum Gasteiger partial charge on any atom is -0.497 e. The molecule has 0 saturated heterocycles. The molecule has 0 aliphatic rings. The first kappa shape index (κ1) is 20.1. The number of hydrogen-bond acceptors (Lipinski definition) is 5. The fourth-order valence-corrected chi connectivity index (χ4v) is 2.33. The van der Waals surface area contributed by atoms with E-state index in [0.717, 1.165) is 11.3 Å². The third-order valence-corrected chi connectivity index (χ3v) is 3.64. The third kappa shape index (κ3) is 6.56. The molecule has 7 heteroatoms. The van der Waals surface area contributed by atoms with E-state index >= 15 is 0 Å². The maximum atomic E-state index is 11.9. The summed E-state index contributed by atoms with van der Waals surface area (Å²) in [6.07, 6.45) is 3.06. The molecule has 0 atom stereocenters. The Hall–Kier alpha value is -3.19. The second-order valence-corrected chi connectivity index (χ2v) is 5.76. The van der Waals surface area contributed by atoms with Crippen LogP contribution in [0.2, 0.25) is 0 Å². The van der Waals surface area contributed by atoms with Crippen molar-refractivity contribution in [2.75, 3.05) is 19.0 Å². The van der Waals surface area contributed by atoms with Crippen molar-refractivity contribution in [3.63, 3.8) is 0 Å². The molecule has 2 aromatic carbocycles. The van der Waals surface area contributed by atoms with Gasteiger partial charge in [-0.1, -0.05) is 12.1 Å². The highest BCUT2D eigenvalue weighted by Crippen LogP contribution is 2.12. The van der Waals surface area contributed by atoms with E-state index in [0.29, 0.717) is 17.9 Å². The van der Waals surface area contributed by atoms with Crippen LogP contribution in [0, 0.1) is 0 Å². The number of ether oxygens (including phenoxy) is 2. The first-order valence-corrected chi connectivity index (χ1v) is 8.64. The summed E-state index contributed by atoms with van der Waals surface area (Å²) in [4.78, 5) is 23.6. The fourth-order valence-electron chi connectivity index (χ4n) is 2.11. The maximum Gasteiger partial charge on any atom is 0.338 e. The third-order valence-electron chi connectivity index (χ3n) is 3.43. The van der Waals surface area contributed by atoms with Crippen molar-refractivity contribution >= 4 is 41.0 Å². The minimum absolute atomic E-state index is 0.156. The highest BCUT2D eigenvalue weighted by molar-refractivity contribution is 7.80. The first-order valence-electron chi connectivity index (χ1n) is 8.23. The Kier molecular flexibility index (Phi) is 7.51. The zero-order valence-electron chi connectivity index (χ0n) is 15.0. The van der Waals surface area contributed by atoms with Gasteiger partial charge >= 0.3 is 5.97 Å². The van der Waals surface area contributed by atoms with Crippen molar-refractivity contribution in [2.24, 2.45) is 0 Å². The Bertz CT molecular complexity index is 830. The quantitative estimate of drug-likeness (QED) is 0.452. The van der Waals surface area contributed by atoms with Crippen molar-refractivity contribution in [1.82, 2.24) is 5.32 Å². The molecule has 1 amide bonds. The van der Waals surface area contributed by atoms with Crippen molar-refractivity contribution in [1.29, 1.82) is 0 Å². The van der Waals surface area contributed by atoms with Gasteiger partial charge in [0.25, 0.3) is 0 Å². The zero-order valence-corrected chi connectivity index (χ0v) is 15.8. The number of amides is 1. The molecule has 0 spiro atoms. The topological polar surface area (TPSA) is 76.7 Å². The summed E-state index contributed by atoms with van der Waals surface area (Å²) < 4.78 is 10.0. The van der Waals surface area contributed by atoms with E-state index in [1.54, 1.807) is 44.4 Å². The van der Waals surface area contributed by atoms with E-state index in [1.807, 2.05) is 24.3 Å². The van der Waals surface area contributed by atoms with Crippen LogP contribution in [-0.4, -0.2) is 30.7 Å². The molecule has 0 bridgehead atoms. The second kappa shape index (κ2) is 10.1. The molecular weight excluding hydrogens is 364 g/mol. The number of rotatable bonds is 6. The molecule has 0 unspecified atom stereocenters. The highest BCUT2D eigenvalue weighted by atomic mass is 32.1. The van der Waals surface area contributed by atoms with Gasteiger partial charge in [0.05, 0.1) is 19.3 Å². The summed E-state index contributed by atoms with van der Waals surface area (Å²) in [5.41, 5.74) is 1.95. The highest BCUT2D eigenvalue weighted by Gasteiger charge is 2.06. The Morgan fingerprint density at radius 2 is 1.74 bits per heavy atom. The van der Waals surface area contributed by atoms with Crippen LogP contribution in [0.15, 0.2) is 54.6 Å². The number of carbonyl (C=O) groups excluding carboxylic acids is 2. The number of anilines is 1. The van der Waals surface area contributed by atoms with Gasteiger partial charge in [-0.2, -0.15) is 0 Å². The molecule has 6 nitrogen and oxygen atoms in total. The Morgan fingerprint density at radius 1 is 1.07 bits per heavy atom. The molecule has 2 aromatic rings. The van der Waals surface area contributed by atoms with E-state index in [9.17, 15) is 9.59 Å². The van der Waals surface area contributed by atoms with Gasteiger partial charge in [-0.3, -0.25) is 10.1 Å². The van der Waals surface area contributed by atoms with E-state index in [2.05, 4.69) is 10.6 Å². The van der Waals surface area contributed by atoms with E-state index in [1.165, 1.54) is 6.08 Å². The Morgan fingerprint density at radius 3 is 2.33 bits per heavy atom. The lowest BCUT2D eigenvalue weighted by Gasteiger charge is -2.09. The molecule has 0 aromatic heterocycles. The molecular formula is C20H20N2O4S. The lowest BCUT2D eigenvalue weighted by Crippen LogP contribution is -2.32. The molecule has 0 aliphatic carbocycles. The zero-order chi connectivity index (χ0) is 19.6. The molecule has 0 aliphatic heterocycles. The van der Waals surface area contributed by atoms with Crippen LogP contribution in [0.25, 0.3) is 6.08 Å². The van der Waals surface area contributed by atoms with Crippen LogP contribution in [0.4, 0.5) is 5.69 Å². The number of nitrogens with one attached hydrogen (secondary N) is 2. The van der Waals surface area contributed by atoms with Gasteiger partial charge in [0, 0.05) is 11.8 Å². The summed E-state index contributed by atoms with van der Waals surface area (Å²) in [7, 11) is 1.59. The van der Waals surface area contributed by atoms with Crippen LogP contribution >= 0.6 is 12.2 Å². The van der Waals surface area contributed by atoms with Gasteiger partial charge in [-0.05, 0) is 67.2 Å². The van der Waals surface area contributed by atoms with E-state index in [4.69, 9.17) is 21.7 Å². The lowest BCUT2D eigenvalue weighted by atomic mass is 10.2. The number of benzene rings is 2. The van der Waals surface area contributed by atoms with Crippen molar-refractivity contribution in [3.8, 4) is 5.75 Å². The lowest BCUT2D eigenvalue weighted by molar-refractivity contribution is -0.115. The number of carbonyl (C=O) groups is 2. The van der Waals surface area contributed by atoms with E-state index < -0.39 is 0 Å². The molecule has 140 valence electrons. The summed E-state index contributed by atoms with van der Waals surface area (Å²) in [5, 5.41) is 5.59. The van der Waals surface area contributed by atoms with Crippen LogP contribution in [-0.2, 0) is 9.53 Å². The molecule has 0 fully saturated rings. The van der Waals surface area contributed by atoms with E-state index in [-0.39, 0.29) is 17.0 Å². The molecule has 2 rings (SSSR count). The standard InChI is InChI=1S/C20H20N2O4S/c1-3-26-19(24)15-7-9-16(10-8-15)21-20(27)22-18(23)13-6-14-4-11-17(25-2)12-5-14/h4-13H,3H2,1-2H3,(H2,21,22,23,27). The molecule has 0 radical (unpaired) electrons. The number of methoxy groups -OCH3 is 1. The van der Waals surface area contributed by atoms with Crippen molar-refractivity contribution < 1.29 is 19.1 Å². The van der Waals surface area contributed by atoms with Crippen LogP contribution in [0.5, 0.6) is 5.75 Å². The van der Waals surface area contributed by atoms with Crippen LogP contribution < -0.4 is 15.4 Å². The van der Waals surface area contributed by atoms with Crippen molar-refractivity contribution in [2.45, 2.75) is 6.92 Å². The molecule has 2 N–H and O–H groups in total. The van der Waals surface area contributed by atoms with Gasteiger partial charge in [0.15, 0.2) is 5.11 Å². The average Bonchev–Trinajstić information content (AvgIpc) is 2.67. The molecule has 0 saturated carbocycles.